The van der Waals surface area contributed by atoms with E-state index in [1.165, 1.54) is 4.90 Å². The Morgan fingerprint density at radius 2 is 1.67 bits per heavy atom. The molecule has 5 atom stereocenters. The number of likely N-dealkylation sites (tertiary alicyclic amines) is 1. The monoisotopic (exact) mass is 1020 g/mol. The van der Waals surface area contributed by atoms with Gasteiger partial charge in [-0.05, 0) is 91.4 Å². The maximum atomic E-state index is 14.5. The quantitative estimate of drug-likeness (QED) is 0.0767. The van der Waals surface area contributed by atoms with Crippen molar-refractivity contribution in [2.45, 2.75) is 111 Å². The number of rotatable bonds is 15. The number of nitrogens with zero attached hydrogens (tertiary/aromatic N) is 7. The predicted octanol–water partition coefficient (Wildman–Crippen LogP) is 9.24. The van der Waals surface area contributed by atoms with Crippen LogP contribution in [0, 0.1) is 35.0 Å². The molecule has 9 rings (SSSR count). The van der Waals surface area contributed by atoms with Crippen LogP contribution >= 0.6 is 22.9 Å². The lowest BCUT2D eigenvalue weighted by Crippen LogP contribution is -2.74. The molecule has 2 saturated heterocycles. The van der Waals surface area contributed by atoms with Crippen molar-refractivity contribution in [3.8, 4) is 33.4 Å². The van der Waals surface area contributed by atoms with Crippen LogP contribution in [0.1, 0.15) is 101 Å². The number of hydrogen-bond donors (Lipinski definition) is 4. The molecule has 1 unspecified atom stereocenters. The molecular formula is C56H63ClN10O5S. The molecule has 15 nitrogen and oxygen atoms in total. The van der Waals surface area contributed by atoms with Gasteiger partial charge in [0.1, 0.15) is 35.8 Å². The lowest BCUT2D eigenvalue weighted by molar-refractivity contribution is -0.164. The number of aromatic nitrogens is 4. The molecular weight excluding hydrogens is 960 g/mol. The predicted molar refractivity (Wildman–Crippen MR) is 284 cm³/mol. The topological polar surface area (TPSA) is 191 Å². The molecule has 0 radical (unpaired) electrons. The Kier molecular flexibility index (Phi) is 14.4. The van der Waals surface area contributed by atoms with Crippen LogP contribution in [0.4, 0.5) is 11.5 Å². The third-order valence-corrected chi connectivity index (χ3v) is 16.2. The molecule has 1 saturated carbocycles. The van der Waals surface area contributed by atoms with Crippen molar-refractivity contribution in [3.05, 3.63) is 130 Å². The van der Waals surface area contributed by atoms with Crippen molar-refractivity contribution >= 4 is 52.2 Å². The van der Waals surface area contributed by atoms with E-state index in [9.17, 15) is 24.8 Å². The number of pyridine rings is 1. The van der Waals surface area contributed by atoms with Crippen molar-refractivity contribution in [2.24, 2.45) is 16.7 Å². The van der Waals surface area contributed by atoms with E-state index in [-0.39, 0.29) is 71.7 Å². The van der Waals surface area contributed by atoms with Gasteiger partial charge >= 0.3 is 0 Å². The Labute approximate surface area is 435 Å². The first kappa shape index (κ1) is 51.1. The highest BCUT2D eigenvalue weighted by Gasteiger charge is 2.64. The summed E-state index contributed by atoms with van der Waals surface area (Å²) < 4.78 is 8.08. The zero-order valence-corrected chi connectivity index (χ0v) is 44.0. The number of benzene rings is 3. The molecule has 380 valence electrons. The van der Waals surface area contributed by atoms with Crippen molar-refractivity contribution in [2.75, 3.05) is 29.9 Å². The van der Waals surface area contributed by atoms with E-state index >= 15 is 0 Å². The number of β-amino-alcohol motifs (C(OH)–C–C–N with tert-alkyl or cyclic N) is 1. The average molecular weight is 1020 g/mol. The molecule has 17 heteroatoms. The van der Waals surface area contributed by atoms with Crippen molar-refractivity contribution in [3.63, 3.8) is 0 Å². The molecule has 4 N–H and O–H groups in total. The van der Waals surface area contributed by atoms with Crippen LogP contribution in [-0.4, -0.2) is 97.4 Å². The minimum Gasteiger partial charge on any atom is -0.489 e. The lowest BCUT2D eigenvalue weighted by Gasteiger charge is -2.63. The van der Waals surface area contributed by atoms with Gasteiger partial charge in [0.2, 0.25) is 11.8 Å². The average Bonchev–Trinajstić information content (AvgIpc) is 4.21. The standard InChI is InChI=1S/C56H63ClN10O5S/c1-32(2)48(52(71)66-30-43(68)24-46(66)51(70)62-33(3)35-9-11-36(12-10-35)49-34(4)60-31-73-49)67-28-40(27-61-67)38-19-21-59-47(23-38)65-22-20-42(29-65)63-41-16-13-37(14-17-41)50(69)64-53-55(5,6)54(56(53,7)8)72-44-18-15-39(26-58)45(57)25-44/h9-19,21,23,25,27-28,31-33,42-43,46,48,53-54,63,68H,20,22,24,29-30H2,1-8H3,(H,62,70)(H,64,69)/t33-,42?,43+,46-,48-,53?,54?/m0/s1. The van der Waals surface area contributed by atoms with Gasteiger partial charge in [0.25, 0.3) is 5.91 Å². The van der Waals surface area contributed by atoms with Gasteiger partial charge in [0.15, 0.2) is 0 Å². The summed E-state index contributed by atoms with van der Waals surface area (Å²) in [6.07, 6.45) is 5.41. The summed E-state index contributed by atoms with van der Waals surface area (Å²) in [7, 11) is 0. The maximum absolute atomic E-state index is 14.5. The molecule has 5 heterocycles. The summed E-state index contributed by atoms with van der Waals surface area (Å²) in [5, 5.41) is 35.1. The largest absolute Gasteiger partial charge is 0.489 e. The molecule has 2 aliphatic heterocycles. The number of carbonyl (C=O) groups excluding carboxylic acids is 3. The summed E-state index contributed by atoms with van der Waals surface area (Å²) in [6.45, 7) is 17.7. The number of hydrogen-bond acceptors (Lipinski definition) is 12. The second-order valence-corrected chi connectivity index (χ2v) is 22.5. The lowest BCUT2D eigenvalue weighted by atomic mass is 9.49. The van der Waals surface area contributed by atoms with Crippen LogP contribution < -0.4 is 25.6 Å². The van der Waals surface area contributed by atoms with Crippen LogP contribution in [0.25, 0.3) is 21.6 Å². The number of anilines is 2. The summed E-state index contributed by atoms with van der Waals surface area (Å²) in [5.41, 5.74) is 7.64. The van der Waals surface area contributed by atoms with E-state index in [4.69, 9.17) is 26.4 Å². The van der Waals surface area contributed by atoms with Gasteiger partial charge < -0.3 is 35.6 Å². The smallest absolute Gasteiger partial charge is 0.251 e. The van der Waals surface area contributed by atoms with Gasteiger partial charge in [0, 0.05) is 84.2 Å². The van der Waals surface area contributed by atoms with Crippen LogP contribution in [0.5, 0.6) is 5.75 Å². The normalized spacial score (nSPS) is 21.8. The highest BCUT2D eigenvalue weighted by molar-refractivity contribution is 7.13. The number of amides is 3. The van der Waals surface area contributed by atoms with Crippen LogP contribution in [-0.2, 0) is 9.59 Å². The fourth-order valence-corrected chi connectivity index (χ4v) is 12.4. The molecule has 3 fully saturated rings. The molecule has 73 heavy (non-hydrogen) atoms. The van der Waals surface area contributed by atoms with Gasteiger partial charge in [-0.1, -0.05) is 77.4 Å². The molecule has 0 spiro atoms. The van der Waals surface area contributed by atoms with Gasteiger partial charge in [-0.25, -0.2) is 9.97 Å². The summed E-state index contributed by atoms with van der Waals surface area (Å²) in [4.78, 5) is 55.9. The zero-order chi connectivity index (χ0) is 51.9. The molecule has 1 aliphatic carbocycles. The maximum Gasteiger partial charge on any atom is 0.251 e. The summed E-state index contributed by atoms with van der Waals surface area (Å²) in [6, 6.07) is 24.9. The van der Waals surface area contributed by atoms with E-state index < -0.39 is 18.2 Å². The van der Waals surface area contributed by atoms with Gasteiger partial charge in [-0.2, -0.15) is 10.4 Å². The van der Waals surface area contributed by atoms with Crippen LogP contribution in [0.3, 0.4) is 0 Å². The van der Waals surface area contributed by atoms with Gasteiger partial charge in [-0.15, -0.1) is 11.3 Å². The number of thiazole rings is 1. The van der Waals surface area contributed by atoms with Crippen LogP contribution in [0.2, 0.25) is 5.02 Å². The molecule has 6 aromatic rings. The minimum absolute atomic E-state index is 0.0589. The van der Waals surface area contributed by atoms with Crippen LogP contribution in [0.15, 0.2) is 103 Å². The van der Waals surface area contributed by atoms with E-state index in [0.717, 1.165) is 63.8 Å². The summed E-state index contributed by atoms with van der Waals surface area (Å²) in [5.74, 6) is 0.519. The Balaban J connectivity index is 0.789. The second-order valence-electron chi connectivity index (χ2n) is 21.3. The van der Waals surface area contributed by atoms with E-state index in [2.05, 4.69) is 59.6 Å². The van der Waals surface area contributed by atoms with Crippen molar-refractivity contribution < 1.29 is 24.2 Å². The molecule has 3 aliphatic rings. The first-order valence-corrected chi connectivity index (χ1v) is 26.2. The Morgan fingerprint density at radius 1 is 0.932 bits per heavy atom. The van der Waals surface area contributed by atoms with E-state index in [1.807, 2.05) is 100 Å². The molecule has 3 amide bonds. The third-order valence-electron chi connectivity index (χ3n) is 15.0. The Hall–Kier alpha value is -6.80. The number of ether oxygens (including phenoxy) is 1. The number of carbonyl (C=O) groups is 3. The first-order valence-electron chi connectivity index (χ1n) is 24.9. The second kappa shape index (κ2) is 20.6. The molecule has 3 aromatic heterocycles. The Bertz CT molecular complexity index is 3020. The summed E-state index contributed by atoms with van der Waals surface area (Å²) >= 11 is 7.87. The SMILES string of the molecule is Cc1ncsc1-c1ccc([C@H](C)NC(=O)[C@@H]2C[C@@H](O)CN2C(=O)[C@H](C(C)C)n2cc(-c3ccnc(N4CCC(Nc5ccc(C(=O)NC6C(C)(C)C(Oc7ccc(C#N)c(Cl)c7)C6(C)C)cc5)C4)c3)cn2)cc1. The number of nitriles is 1. The first-order chi connectivity index (χ1) is 34.8. The highest BCUT2D eigenvalue weighted by Crippen LogP contribution is 2.55. The van der Waals surface area contributed by atoms with Gasteiger partial charge in [-0.3, -0.25) is 19.1 Å². The number of halogens is 1. The van der Waals surface area contributed by atoms with E-state index in [0.29, 0.717) is 21.9 Å². The fourth-order valence-electron chi connectivity index (χ4n) is 11.3. The minimum atomic E-state index is -0.828. The third kappa shape index (κ3) is 10.4. The number of aliphatic hydroxyl groups excluding tert-OH is 1. The number of aliphatic hydroxyl groups is 1. The van der Waals surface area contributed by atoms with Crippen molar-refractivity contribution in [1.82, 2.24) is 35.3 Å². The van der Waals surface area contributed by atoms with Gasteiger partial charge in [0.05, 0.1) is 45.0 Å². The van der Waals surface area contributed by atoms with Crippen molar-refractivity contribution in [1.29, 1.82) is 5.26 Å². The molecule has 3 aromatic carbocycles. The fraction of sp³-hybridized carbons (Fsp3) is 0.411. The zero-order valence-electron chi connectivity index (χ0n) is 42.5. The van der Waals surface area contributed by atoms with E-state index in [1.54, 1.807) is 46.6 Å². The highest BCUT2D eigenvalue weighted by atomic mass is 35.5. The number of nitrogens with one attached hydrogen (secondary N) is 3. The Morgan fingerprint density at radius 3 is 2.34 bits per heavy atom. The number of aryl methyl sites for hydroxylation is 1. The molecule has 0 bridgehead atoms.